The van der Waals surface area contributed by atoms with Gasteiger partial charge in [-0.15, -0.1) is 11.3 Å². The molecule has 0 fully saturated rings. The fraction of sp³-hybridized carbons (Fsp3) is 0.182. The van der Waals surface area contributed by atoms with E-state index in [0.29, 0.717) is 5.13 Å². The molecule has 84 valence electrons. The normalized spacial score (nSPS) is 10.4. The van der Waals surface area contributed by atoms with E-state index in [1.165, 1.54) is 11.3 Å². The van der Waals surface area contributed by atoms with Gasteiger partial charge in [-0.25, -0.2) is 4.98 Å². The van der Waals surface area contributed by atoms with Crippen LogP contribution in [0.25, 0.3) is 11.3 Å². The zero-order chi connectivity index (χ0) is 11.7. The molecule has 3 nitrogen and oxygen atoms in total. The van der Waals surface area contributed by atoms with E-state index in [2.05, 4.69) is 33.6 Å². The number of rotatable bonds is 2. The Morgan fingerprint density at radius 2 is 2.19 bits per heavy atom. The summed E-state index contributed by atoms with van der Waals surface area (Å²) in [5.74, 6) is 0.828. The van der Waals surface area contributed by atoms with Crippen molar-refractivity contribution in [2.24, 2.45) is 0 Å². The lowest BCUT2D eigenvalue weighted by Crippen LogP contribution is -1.90. The Hall–Kier alpha value is -0.820. The van der Waals surface area contributed by atoms with Gasteiger partial charge in [0.25, 0.3) is 0 Å². The van der Waals surface area contributed by atoms with Crippen LogP contribution in [-0.2, 0) is 0 Å². The number of nitrogen functional groups attached to an aromatic ring is 1. The van der Waals surface area contributed by atoms with Gasteiger partial charge in [0.1, 0.15) is 5.75 Å². The molecule has 0 saturated carbocycles. The maximum Gasteiger partial charge on any atom is 0.180 e. The number of nitrogens with two attached hydrogens (primary N) is 1. The van der Waals surface area contributed by atoms with Gasteiger partial charge in [-0.2, -0.15) is 0 Å². The number of benzene rings is 1. The van der Waals surface area contributed by atoms with Gasteiger partial charge in [-0.3, -0.25) is 0 Å². The number of anilines is 1. The largest absolute Gasteiger partial charge is 0.496 e. The third-order valence-corrected chi connectivity index (χ3v) is 3.70. The summed E-state index contributed by atoms with van der Waals surface area (Å²) < 4.78 is 6.49. The molecule has 2 N–H and O–H groups in total. The molecule has 0 saturated heterocycles. The van der Waals surface area contributed by atoms with Crippen molar-refractivity contribution in [3.8, 4) is 17.0 Å². The SMILES string of the molecule is COc1ccc(I)cc1-c1nc(N)sc1C. The minimum Gasteiger partial charge on any atom is -0.496 e. The first kappa shape index (κ1) is 11.7. The van der Waals surface area contributed by atoms with Crippen molar-refractivity contribution in [3.05, 3.63) is 26.6 Å². The molecular weight excluding hydrogens is 335 g/mol. The second-order valence-electron chi connectivity index (χ2n) is 3.30. The highest BCUT2D eigenvalue weighted by Crippen LogP contribution is 2.35. The van der Waals surface area contributed by atoms with Crippen LogP contribution in [0.4, 0.5) is 5.13 Å². The molecule has 0 bridgehead atoms. The smallest absolute Gasteiger partial charge is 0.180 e. The van der Waals surface area contributed by atoms with Crippen LogP contribution in [0, 0.1) is 10.5 Å². The average Bonchev–Trinajstić information content (AvgIpc) is 2.57. The molecule has 0 aliphatic heterocycles. The van der Waals surface area contributed by atoms with Gasteiger partial charge in [-0.05, 0) is 47.7 Å². The van der Waals surface area contributed by atoms with Gasteiger partial charge in [-0.1, -0.05) is 0 Å². The summed E-state index contributed by atoms with van der Waals surface area (Å²) in [6.07, 6.45) is 0. The van der Waals surface area contributed by atoms with E-state index >= 15 is 0 Å². The van der Waals surface area contributed by atoms with Crippen molar-refractivity contribution >= 4 is 39.1 Å². The molecule has 0 unspecified atom stereocenters. The topological polar surface area (TPSA) is 48.1 Å². The predicted octanol–water partition coefficient (Wildman–Crippen LogP) is 3.31. The highest BCUT2D eigenvalue weighted by atomic mass is 127. The minimum absolute atomic E-state index is 0.591. The number of thiazole rings is 1. The van der Waals surface area contributed by atoms with Crippen LogP contribution in [0.5, 0.6) is 5.75 Å². The number of halogens is 1. The van der Waals surface area contributed by atoms with E-state index in [1.807, 2.05) is 19.1 Å². The average molecular weight is 346 g/mol. The Balaban J connectivity index is 2.62. The molecule has 16 heavy (non-hydrogen) atoms. The fourth-order valence-corrected chi connectivity index (χ4v) is 2.73. The lowest BCUT2D eigenvalue weighted by molar-refractivity contribution is 0.416. The molecule has 0 spiro atoms. The summed E-state index contributed by atoms with van der Waals surface area (Å²) >= 11 is 3.77. The van der Waals surface area contributed by atoms with Gasteiger partial charge in [0.15, 0.2) is 5.13 Å². The van der Waals surface area contributed by atoms with Crippen LogP contribution in [0.1, 0.15) is 4.88 Å². The molecule has 1 heterocycles. The van der Waals surface area contributed by atoms with Gasteiger partial charge in [0.2, 0.25) is 0 Å². The Bertz CT molecular complexity index is 525. The Kier molecular flexibility index (Phi) is 3.34. The maximum atomic E-state index is 5.71. The van der Waals surface area contributed by atoms with Crippen molar-refractivity contribution in [3.63, 3.8) is 0 Å². The Morgan fingerprint density at radius 3 is 2.75 bits per heavy atom. The number of aryl methyl sites for hydroxylation is 1. The lowest BCUT2D eigenvalue weighted by atomic mass is 10.1. The molecule has 0 atom stereocenters. The van der Waals surface area contributed by atoms with Crippen LogP contribution < -0.4 is 10.5 Å². The standard InChI is InChI=1S/C11H11IN2OS/c1-6-10(14-11(13)16-6)8-5-7(12)3-4-9(8)15-2/h3-5H,1-2H3,(H2,13,14). The third kappa shape index (κ3) is 2.15. The number of hydrogen-bond acceptors (Lipinski definition) is 4. The van der Waals surface area contributed by atoms with Crippen molar-refractivity contribution < 1.29 is 4.74 Å². The van der Waals surface area contributed by atoms with Crippen LogP contribution in [0.15, 0.2) is 18.2 Å². The molecule has 5 heteroatoms. The zero-order valence-corrected chi connectivity index (χ0v) is 11.9. The number of hydrogen-bond donors (Lipinski definition) is 1. The van der Waals surface area contributed by atoms with Crippen molar-refractivity contribution in [2.75, 3.05) is 12.8 Å². The summed E-state index contributed by atoms with van der Waals surface area (Å²) in [5, 5.41) is 0.591. The van der Waals surface area contributed by atoms with E-state index in [0.717, 1.165) is 25.5 Å². The first-order chi connectivity index (χ1) is 7.61. The highest BCUT2D eigenvalue weighted by molar-refractivity contribution is 14.1. The lowest BCUT2D eigenvalue weighted by Gasteiger charge is -2.07. The highest BCUT2D eigenvalue weighted by Gasteiger charge is 2.13. The summed E-state index contributed by atoms with van der Waals surface area (Å²) in [5.41, 5.74) is 7.63. The molecule has 0 radical (unpaired) electrons. The number of methoxy groups -OCH3 is 1. The van der Waals surface area contributed by atoms with Crippen LogP contribution >= 0.6 is 33.9 Å². The van der Waals surface area contributed by atoms with Gasteiger partial charge >= 0.3 is 0 Å². The summed E-state index contributed by atoms with van der Waals surface area (Å²) in [7, 11) is 1.66. The molecule has 0 aliphatic rings. The van der Waals surface area contributed by atoms with E-state index in [9.17, 15) is 0 Å². The van der Waals surface area contributed by atoms with Crippen LogP contribution in [0.3, 0.4) is 0 Å². The predicted molar refractivity (Wildman–Crippen MR) is 76.0 cm³/mol. The van der Waals surface area contributed by atoms with E-state index in [4.69, 9.17) is 10.5 Å². The van der Waals surface area contributed by atoms with Crippen molar-refractivity contribution in [2.45, 2.75) is 6.92 Å². The Morgan fingerprint density at radius 1 is 1.44 bits per heavy atom. The molecule has 0 amide bonds. The van der Waals surface area contributed by atoms with E-state index in [1.54, 1.807) is 7.11 Å². The summed E-state index contributed by atoms with van der Waals surface area (Å²) in [6.45, 7) is 2.02. The fourth-order valence-electron chi connectivity index (χ4n) is 1.53. The number of aromatic nitrogens is 1. The second-order valence-corrected chi connectivity index (χ2v) is 5.78. The van der Waals surface area contributed by atoms with E-state index in [-0.39, 0.29) is 0 Å². The molecule has 0 aliphatic carbocycles. The first-order valence-electron chi connectivity index (χ1n) is 4.68. The summed E-state index contributed by atoms with van der Waals surface area (Å²) in [6, 6.07) is 6.01. The zero-order valence-electron chi connectivity index (χ0n) is 8.95. The first-order valence-corrected chi connectivity index (χ1v) is 6.58. The van der Waals surface area contributed by atoms with Crippen molar-refractivity contribution in [1.82, 2.24) is 4.98 Å². The second kappa shape index (κ2) is 4.58. The third-order valence-electron chi connectivity index (χ3n) is 2.23. The van der Waals surface area contributed by atoms with Gasteiger partial charge in [0.05, 0.1) is 12.8 Å². The maximum absolute atomic E-state index is 5.71. The van der Waals surface area contributed by atoms with Gasteiger partial charge in [0, 0.05) is 14.0 Å². The van der Waals surface area contributed by atoms with Gasteiger partial charge < -0.3 is 10.5 Å². The summed E-state index contributed by atoms with van der Waals surface area (Å²) in [4.78, 5) is 5.45. The minimum atomic E-state index is 0.591. The number of ether oxygens (including phenoxy) is 1. The van der Waals surface area contributed by atoms with Crippen molar-refractivity contribution in [1.29, 1.82) is 0 Å². The van der Waals surface area contributed by atoms with E-state index < -0.39 is 0 Å². The molecule has 1 aromatic heterocycles. The molecule has 2 rings (SSSR count). The molecule has 2 aromatic rings. The van der Waals surface area contributed by atoms with Crippen LogP contribution in [0.2, 0.25) is 0 Å². The monoisotopic (exact) mass is 346 g/mol. The number of nitrogens with zero attached hydrogens (tertiary/aromatic N) is 1. The Labute approximate surface area is 112 Å². The molecular formula is C11H11IN2OS. The van der Waals surface area contributed by atoms with Crippen LogP contribution in [-0.4, -0.2) is 12.1 Å². The quantitative estimate of drug-likeness (QED) is 0.849. The molecule has 1 aromatic carbocycles.